The van der Waals surface area contributed by atoms with Gasteiger partial charge in [-0.1, -0.05) is 0 Å². The minimum absolute atomic E-state index is 0.0319. The van der Waals surface area contributed by atoms with E-state index in [1.807, 2.05) is 22.9 Å². The number of rotatable bonds is 5. The molecule has 8 heteroatoms. The number of methoxy groups -OCH3 is 1. The van der Waals surface area contributed by atoms with Gasteiger partial charge in [-0.2, -0.15) is 0 Å². The number of nitrogens with one attached hydrogen (secondary N) is 1. The van der Waals surface area contributed by atoms with Crippen LogP contribution in [0.4, 0.5) is 10.2 Å². The third-order valence-electron chi connectivity index (χ3n) is 6.27. The van der Waals surface area contributed by atoms with Crippen LogP contribution in [0.5, 0.6) is 5.75 Å². The zero-order valence-electron chi connectivity index (χ0n) is 18.0. The number of morpholine rings is 1. The lowest BCUT2D eigenvalue weighted by Crippen LogP contribution is -2.40. The fraction of sp³-hybridized carbons (Fsp3) is 0.478. The third-order valence-corrected chi connectivity index (χ3v) is 6.27. The van der Waals surface area contributed by atoms with Gasteiger partial charge >= 0.3 is 0 Å². The molecule has 1 N–H and O–H groups in total. The maximum Gasteiger partial charge on any atom is 0.151 e. The van der Waals surface area contributed by atoms with Gasteiger partial charge in [-0.05, 0) is 44.0 Å². The highest BCUT2D eigenvalue weighted by molar-refractivity contribution is 5.86. The zero-order valence-corrected chi connectivity index (χ0v) is 18.0. The van der Waals surface area contributed by atoms with Crippen LogP contribution in [0.25, 0.3) is 22.4 Å². The largest absolute Gasteiger partial charge is 0.494 e. The first-order valence-corrected chi connectivity index (χ1v) is 10.9. The molecule has 0 aliphatic carbocycles. The smallest absolute Gasteiger partial charge is 0.151 e. The summed E-state index contributed by atoms with van der Waals surface area (Å²) in [5, 5.41) is 3.36. The van der Waals surface area contributed by atoms with E-state index in [2.05, 4.69) is 22.1 Å². The molecule has 0 bridgehead atoms. The van der Waals surface area contributed by atoms with E-state index in [0.29, 0.717) is 41.8 Å². The molecular weight excluding hydrogens is 397 g/mol. The van der Waals surface area contributed by atoms with Gasteiger partial charge in [0.25, 0.3) is 0 Å². The molecule has 0 spiro atoms. The Bertz CT molecular complexity index is 1060. The van der Waals surface area contributed by atoms with Gasteiger partial charge in [0.2, 0.25) is 0 Å². The van der Waals surface area contributed by atoms with E-state index < -0.39 is 0 Å². The van der Waals surface area contributed by atoms with Crippen LogP contribution in [-0.2, 0) is 11.3 Å². The molecule has 2 aromatic heterocycles. The molecule has 0 radical (unpaired) electrons. The van der Waals surface area contributed by atoms with Gasteiger partial charge in [-0.25, -0.2) is 14.4 Å². The van der Waals surface area contributed by atoms with Crippen LogP contribution in [0.3, 0.4) is 0 Å². The molecule has 31 heavy (non-hydrogen) atoms. The van der Waals surface area contributed by atoms with E-state index in [0.717, 1.165) is 31.0 Å². The summed E-state index contributed by atoms with van der Waals surface area (Å²) in [5.74, 6) is 1.87. The topological polar surface area (TPSA) is 64.4 Å². The molecule has 2 aliphatic heterocycles. The fourth-order valence-electron chi connectivity index (χ4n) is 4.64. The van der Waals surface area contributed by atoms with Gasteiger partial charge < -0.3 is 24.3 Å². The fourth-order valence-corrected chi connectivity index (χ4v) is 4.64. The molecule has 2 atom stereocenters. The molecule has 3 aromatic rings. The molecule has 7 nitrogen and oxygen atoms in total. The standard InChI is InChI=1S/C23H28FN5O2/c1-15-4-3-10-28(15)20-8-5-16(12-26-20)23-27-21-18(24)6-7-19(30-2)22(21)29(23)14-17-13-25-9-11-31-17/h5-8,12,15,17,25H,3-4,9-11,13-14H2,1-2H3/t15?,17-/m0/s1. The van der Waals surface area contributed by atoms with Crippen molar-refractivity contribution in [3.05, 3.63) is 36.3 Å². The molecule has 1 unspecified atom stereocenters. The van der Waals surface area contributed by atoms with E-state index in [1.165, 1.54) is 18.9 Å². The molecule has 0 saturated carbocycles. The summed E-state index contributed by atoms with van der Waals surface area (Å²) in [6.07, 6.45) is 4.18. The van der Waals surface area contributed by atoms with Crippen molar-refractivity contribution in [2.75, 3.05) is 38.3 Å². The lowest BCUT2D eigenvalue weighted by Gasteiger charge is -2.25. The number of fused-ring (bicyclic) bond motifs is 1. The molecule has 4 heterocycles. The average molecular weight is 426 g/mol. The maximum absolute atomic E-state index is 14.7. The molecule has 5 rings (SSSR count). The minimum atomic E-state index is -0.367. The van der Waals surface area contributed by atoms with Crippen molar-refractivity contribution in [1.29, 1.82) is 0 Å². The number of benzene rings is 1. The van der Waals surface area contributed by atoms with Gasteiger partial charge in [0.15, 0.2) is 5.82 Å². The molecule has 0 amide bonds. The van der Waals surface area contributed by atoms with Crippen molar-refractivity contribution in [2.24, 2.45) is 0 Å². The number of imidazole rings is 1. The van der Waals surface area contributed by atoms with Gasteiger partial charge in [0.1, 0.15) is 28.4 Å². The van der Waals surface area contributed by atoms with Crippen LogP contribution >= 0.6 is 0 Å². The number of hydrogen-bond acceptors (Lipinski definition) is 6. The summed E-state index contributed by atoms with van der Waals surface area (Å²) in [6.45, 7) is 6.04. The van der Waals surface area contributed by atoms with Crippen molar-refractivity contribution in [3.8, 4) is 17.1 Å². The Morgan fingerprint density at radius 1 is 1.29 bits per heavy atom. The van der Waals surface area contributed by atoms with Crippen LogP contribution in [0.2, 0.25) is 0 Å². The first-order chi connectivity index (χ1) is 15.2. The Morgan fingerprint density at radius 3 is 2.87 bits per heavy atom. The second-order valence-electron chi connectivity index (χ2n) is 8.28. The predicted octanol–water partition coefficient (Wildman–Crippen LogP) is 3.22. The summed E-state index contributed by atoms with van der Waals surface area (Å²) in [4.78, 5) is 11.7. The number of aromatic nitrogens is 3. The first kappa shape index (κ1) is 20.2. The molecule has 2 fully saturated rings. The number of ether oxygens (including phenoxy) is 2. The second-order valence-corrected chi connectivity index (χ2v) is 8.28. The summed E-state index contributed by atoms with van der Waals surface area (Å²) < 4.78 is 28.2. The monoisotopic (exact) mass is 425 g/mol. The van der Waals surface area contributed by atoms with E-state index in [9.17, 15) is 4.39 Å². The number of hydrogen-bond donors (Lipinski definition) is 1. The van der Waals surface area contributed by atoms with Gasteiger partial charge in [0.05, 0.1) is 26.4 Å². The van der Waals surface area contributed by atoms with E-state index in [-0.39, 0.29) is 11.9 Å². The van der Waals surface area contributed by atoms with E-state index >= 15 is 0 Å². The van der Waals surface area contributed by atoms with Crippen molar-refractivity contribution >= 4 is 16.9 Å². The van der Waals surface area contributed by atoms with Crippen LogP contribution in [0, 0.1) is 5.82 Å². The zero-order chi connectivity index (χ0) is 21.4. The van der Waals surface area contributed by atoms with Crippen LogP contribution in [-0.4, -0.2) is 60.0 Å². The normalized spacial score (nSPS) is 21.7. The highest BCUT2D eigenvalue weighted by Gasteiger charge is 2.25. The summed E-state index contributed by atoms with van der Waals surface area (Å²) in [6, 6.07) is 7.60. The Kier molecular flexibility index (Phi) is 5.50. The number of anilines is 1. The van der Waals surface area contributed by atoms with Crippen molar-refractivity contribution < 1.29 is 13.9 Å². The third kappa shape index (κ3) is 3.74. The minimum Gasteiger partial charge on any atom is -0.494 e. The van der Waals surface area contributed by atoms with Crippen LogP contribution in [0.1, 0.15) is 19.8 Å². The Labute approximate surface area is 181 Å². The molecule has 1 aromatic carbocycles. The summed E-state index contributed by atoms with van der Waals surface area (Å²) in [5.41, 5.74) is 1.79. The quantitative estimate of drug-likeness (QED) is 0.677. The average Bonchev–Trinajstić information content (AvgIpc) is 3.40. The Balaban J connectivity index is 1.58. The lowest BCUT2D eigenvalue weighted by molar-refractivity contribution is 0.0191. The number of halogens is 1. The number of pyridine rings is 1. The van der Waals surface area contributed by atoms with Gasteiger partial charge in [0, 0.05) is 37.4 Å². The molecule has 2 aliphatic rings. The van der Waals surface area contributed by atoms with E-state index in [1.54, 1.807) is 13.2 Å². The van der Waals surface area contributed by atoms with Crippen molar-refractivity contribution in [3.63, 3.8) is 0 Å². The Morgan fingerprint density at radius 2 is 2.19 bits per heavy atom. The van der Waals surface area contributed by atoms with E-state index in [4.69, 9.17) is 14.5 Å². The maximum atomic E-state index is 14.7. The van der Waals surface area contributed by atoms with Crippen molar-refractivity contribution in [2.45, 2.75) is 38.5 Å². The van der Waals surface area contributed by atoms with Gasteiger partial charge in [-0.15, -0.1) is 0 Å². The lowest BCUT2D eigenvalue weighted by atomic mass is 10.2. The van der Waals surface area contributed by atoms with Gasteiger partial charge in [-0.3, -0.25) is 0 Å². The van der Waals surface area contributed by atoms with Crippen LogP contribution < -0.4 is 15.0 Å². The van der Waals surface area contributed by atoms with Crippen LogP contribution in [0.15, 0.2) is 30.5 Å². The molecular formula is C23H28FN5O2. The summed E-state index contributed by atoms with van der Waals surface area (Å²) in [7, 11) is 1.59. The Hall–Kier alpha value is -2.71. The van der Waals surface area contributed by atoms with Crippen molar-refractivity contribution in [1.82, 2.24) is 19.9 Å². The highest BCUT2D eigenvalue weighted by atomic mass is 19.1. The highest BCUT2D eigenvalue weighted by Crippen LogP contribution is 2.34. The second kappa shape index (κ2) is 8.43. The molecule has 164 valence electrons. The number of nitrogens with zero attached hydrogens (tertiary/aromatic N) is 4. The SMILES string of the molecule is COc1ccc(F)c2nc(-c3ccc(N4CCCC4C)nc3)n(C[C@@H]3CNCCO3)c12. The first-order valence-electron chi connectivity index (χ1n) is 10.9. The summed E-state index contributed by atoms with van der Waals surface area (Å²) >= 11 is 0. The molecule has 2 saturated heterocycles. The predicted molar refractivity (Wildman–Crippen MR) is 118 cm³/mol.